The van der Waals surface area contributed by atoms with E-state index in [-0.39, 0.29) is 11.1 Å². The van der Waals surface area contributed by atoms with E-state index in [9.17, 15) is 9.59 Å². The summed E-state index contributed by atoms with van der Waals surface area (Å²) in [7, 11) is 1.63. The van der Waals surface area contributed by atoms with E-state index < -0.39 is 0 Å². The normalized spacial score (nSPS) is 15.4. The van der Waals surface area contributed by atoms with Crippen LogP contribution in [-0.4, -0.2) is 23.2 Å². The van der Waals surface area contributed by atoms with Crippen LogP contribution in [0.2, 0.25) is 0 Å². The first-order chi connectivity index (χ1) is 13.1. The van der Waals surface area contributed by atoms with Crippen LogP contribution in [0.15, 0.2) is 69.4 Å². The van der Waals surface area contributed by atoms with Crippen LogP contribution >= 0.6 is 23.5 Å². The highest BCUT2D eigenvalue weighted by Gasteiger charge is 2.25. The van der Waals surface area contributed by atoms with Crippen molar-refractivity contribution in [2.75, 3.05) is 7.11 Å². The van der Waals surface area contributed by atoms with Gasteiger partial charge in [0.2, 0.25) is 0 Å². The number of pyridine rings is 1. The Bertz CT molecular complexity index is 1080. The van der Waals surface area contributed by atoms with Crippen molar-refractivity contribution >= 4 is 51.6 Å². The third-order valence-corrected chi connectivity index (χ3v) is 5.76. The van der Waals surface area contributed by atoms with Crippen LogP contribution in [0, 0.1) is 0 Å². The largest absolute Gasteiger partial charge is 0.497 e. The lowest BCUT2D eigenvalue weighted by Gasteiger charge is -2.09. The van der Waals surface area contributed by atoms with E-state index >= 15 is 0 Å². The number of para-hydroxylation sites is 1. The molecule has 1 aliphatic heterocycles. The second kappa shape index (κ2) is 7.46. The van der Waals surface area contributed by atoms with E-state index in [1.165, 1.54) is 11.8 Å². The Balaban J connectivity index is 1.78. The fourth-order valence-electron chi connectivity index (χ4n) is 2.62. The molecule has 134 valence electrons. The van der Waals surface area contributed by atoms with Crippen LogP contribution in [-0.2, 0) is 4.79 Å². The van der Waals surface area contributed by atoms with Gasteiger partial charge in [-0.05, 0) is 54.2 Å². The molecule has 0 aliphatic carbocycles. The number of amides is 2. The molecule has 27 heavy (non-hydrogen) atoms. The van der Waals surface area contributed by atoms with Gasteiger partial charge in [-0.2, -0.15) is 0 Å². The Kier molecular flexibility index (Phi) is 4.87. The van der Waals surface area contributed by atoms with Crippen LogP contribution in [0.3, 0.4) is 0 Å². The molecule has 7 heteroatoms. The van der Waals surface area contributed by atoms with Gasteiger partial charge in [0.25, 0.3) is 11.1 Å². The number of imide groups is 1. The maximum Gasteiger partial charge on any atom is 0.290 e. The van der Waals surface area contributed by atoms with Gasteiger partial charge in [-0.15, -0.1) is 0 Å². The summed E-state index contributed by atoms with van der Waals surface area (Å²) in [6, 6.07) is 17.5. The monoisotopic (exact) mass is 394 g/mol. The average molecular weight is 394 g/mol. The number of nitrogens with one attached hydrogen (secondary N) is 1. The number of nitrogens with zero attached hydrogens (tertiary/aromatic N) is 1. The number of aromatic nitrogens is 1. The van der Waals surface area contributed by atoms with Gasteiger partial charge >= 0.3 is 0 Å². The van der Waals surface area contributed by atoms with Gasteiger partial charge < -0.3 is 4.74 Å². The Morgan fingerprint density at radius 3 is 2.59 bits per heavy atom. The highest BCUT2D eigenvalue weighted by atomic mass is 32.2. The summed E-state index contributed by atoms with van der Waals surface area (Å²) in [6.07, 6.45) is 1.72. The maximum absolute atomic E-state index is 11.9. The molecule has 1 N–H and O–H groups in total. The van der Waals surface area contributed by atoms with Crippen molar-refractivity contribution < 1.29 is 14.3 Å². The highest BCUT2D eigenvalue weighted by molar-refractivity contribution is 8.18. The highest BCUT2D eigenvalue weighted by Crippen LogP contribution is 2.35. The topological polar surface area (TPSA) is 68.3 Å². The molecule has 1 saturated heterocycles. The molecule has 5 nitrogen and oxygen atoms in total. The van der Waals surface area contributed by atoms with E-state index in [0.717, 1.165) is 43.9 Å². The zero-order valence-electron chi connectivity index (χ0n) is 14.3. The minimum Gasteiger partial charge on any atom is -0.497 e. The fraction of sp³-hybridized carbons (Fsp3) is 0.0500. The Morgan fingerprint density at radius 2 is 1.89 bits per heavy atom. The number of hydrogen-bond donors (Lipinski definition) is 1. The molecule has 1 aliphatic rings. The average Bonchev–Trinajstić information content (AvgIpc) is 2.99. The lowest BCUT2D eigenvalue weighted by molar-refractivity contribution is -0.115. The van der Waals surface area contributed by atoms with Gasteiger partial charge in [0, 0.05) is 15.8 Å². The van der Waals surface area contributed by atoms with Crippen molar-refractivity contribution in [1.82, 2.24) is 10.3 Å². The van der Waals surface area contributed by atoms with E-state index in [1.54, 1.807) is 13.2 Å². The number of hydrogen-bond acceptors (Lipinski definition) is 6. The number of carbonyl (C=O) groups excluding carboxylic acids is 2. The van der Waals surface area contributed by atoms with Crippen LogP contribution in [0.5, 0.6) is 5.75 Å². The first-order valence-corrected chi connectivity index (χ1v) is 9.72. The summed E-state index contributed by atoms with van der Waals surface area (Å²) >= 11 is 2.40. The van der Waals surface area contributed by atoms with Crippen molar-refractivity contribution in [1.29, 1.82) is 0 Å². The second-order valence-electron chi connectivity index (χ2n) is 5.71. The van der Waals surface area contributed by atoms with E-state index in [0.29, 0.717) is 4.91 Å². The van der Waals surface area contributed by atoms with E-state index in [1.807, 2.05) is 54.6 Å². The zero-order valence-corrected chi connectivity index (χ0v) is 15.9. The predicted molar refractivity (Wildman–Crippen MR) is 108 cm³/mol. The Morgan fingerprint density at radius 1 is 1.11 bits per heavy atom. The molecular formula is C20H14N2O3S2. The van der Waals surface area contributed by atoms with Crippen LogP contribution in [0.1, 0.15) is 5.56 Å². The summed E-state index contributed by atoms with van der Waals surface area (Å²) in [5.74, 6) is 0.407. The van der Waals surface area contributed by atoms with Crippen LogP contribution in [0.4, 0.5) is 4.79 Å². The van der Waals surface area contributed by atoms with Crippen molar-refractivity contribution in [2.24, 2.45) is 0 Å². The molecule has 2 aromatic carbocycles. The van der Waals surface area contributed by atoms with Gasteiger partial charge in [-0.25, -0.2) is 4.98 Å². The third kappa shape index (κ3) is 3.84. The molecule has 0 atom stereocenters. The molecule has 0 saturated carbocycles. The fourth-order valence-corrected chi connectivity index (χ4v) is 4.17. The molecule has 3 aromatic rings. The Labute approximate surface area is 164 Å². The van der Waals surface area contributed by atoms with Gasteiger partial charge in [0.05, 0.1) is 17.5 Å². The quantitative estimate of drug-likeness (QED) is 0.646. The summed E-state index contributed by atoms with van der Waals surface area (Å²) < 4.78 is 5.20. The van der Waals surface area contributed by atoms with Gasteiger partial charge in [0.1, 0.15) is 10.8 Å². The van der Waals surface area contributed by atoms with Crippen molar-refractivity contribution in [3.63, 3.8) is 0 Å². The van der Waals surface area contributed by atoms with Gasteiger partial charge in [-0.3, -0.25) is 14.9 Å². The molecule has 0 spiro atoms. The predicted octanol–water partition coefficient (Wildman–Crippen LogP) is 4.72. The van der Waals surface area contributed by atoms with Crippen molar-refractivity contribution in [2.45, 2.75) is 9.92 Å². The van der Waals surface area contributed by atoms with Crippen molar-refractivity contribution in [3.05, 3.63) is 65.1 Å². The first kappa shape index (κ1) is 17.6. The van der Waals surface area contributed by atoms with Gasteiger partial charge in [0.15, 0.2) is 0 Å². The standard InChI is InChI=1S/C20H14N2O3S2/c1-25-14-6-8-15(9-7-14)26-19-13(11-17-18(23)22-20(24)27-17)10-12-4-2-3-5-16(12)21-19/h2-11H,1H3,(H,22,23,24). The number of rotatable bonds is 4. The molecule has 4 rings (SSSR count). The molecule has 0 unspecified atom stereocenters. The Hall–Kier alpha value is -2.77. The molecule has 0 bridgehead atoms. The molecule has 2 heterocycles. The van der Waals surface area contributed by atoms with E-state index in [4.69, 9.17) is 9.72 Å². The summed E-state index contributed by atoms with van der Waals surface area (Å²) in [4.78, 5) is 29.5. The molecule has 1 fully saturated rings. The summed E-state index contributed by atoms with van der Waals surface area (Å²) in [5, 5.41) is 3.66. The molecular weight excluding hydrogens is 380 g/mol. The third-order valence-electron chi connectivity index (χ3n) is 3.92. The SMILES string of the molecule is COc1ccc(Sc2nc3ccccc3cc2C=C2SC(=O)NC2=O)cc1. The maximum atomic E-state index is 11.9. The van der Waals surface area contributed by atoms with Crippen molar-refractivity contribution in [3.8, 4) is 5.75 Å². The lowest BCUT2D eigenvalue weighted by Crippen LogP contribution is -2.17. The van der Waals surface area contributed by atoms with Crippen LogP contribution in [0.25, 0.3) is 17.0 Å². The number of carbonyl (C=O) groups is 2. The minimum absolute atomic E-state index is 0.357. The lowest BCUT2D eigenvalue weighted by atomic mass is 10.1. The van der Waals surface area contributed by atoms with E-state index in [2.05, 4.69) is 5.32 Å². The summed E-state index contributed by atoms with van der Waals surface area (Å²) in [5.41, 5.74) is 1.66. The smallest absolute Gasteiger partial charge is 0.290 e. The molecule has 1 aromatic heterocycles. The molecule has 2 amide bonds. The number of benzene rings is 2. The number of methoxy groups -OCH3 is 1. The minimum atomic E-state index is -0.376. The second-order valence-corrected chi connectivity index (χ2v) is 7.78. The number of ether oxygens (including phenoxy) is 1. The molecule has 0 radical (unpaired) electrons. The zero-order chi connectivity index (χ0) is 18.8. The number of fused-ring (bicyclic) bond motifs is 1. The summed E-state index contributed by atoms with van der Waals surface area (Å²) in [6.45, 7) is 0. The number of thioether (sulfide) groups is 1. The van der Waals surface area contributed by atoms with Crippen LogP contribution < -0.4 is 10.1 Å². The first-order valence-electron chi connectivity index (χ1n) is 8.09. The van der Waals surface area contributed by atoms with Gasteiger partial charge in [-0.1, -0.05) is 30.0 Å².